The van der Waals surface area contributed by atoms with E-state index in [1.807, 2.05) is 0 Å². The van der Waals surface area contributed by atoms with Gasteiger partial charge in [0.1, 0.15) is 5.01 Å². The average Bonchev–Trinajstić information content (AvgIpc) is 2.48. The van der Waals surface area contributed by atoms with E-state index >= 15 is 0 Å². The van der Waals surface area contributed by atoms with E-state index in [0.717, 1.165) is 23.5 Å². The number of aryl methyl sites for hydroxylation is 1. The molecule has 0 fully saturated rings. The molecule has 0 bridgehead atoms. The molecule has 1 aromatic rings. The van der Waals surface area contributed by atoms with Crippen LogP contribution in [-0.4, -0.2) is 4.98 Å². The van der Waals surface area contributed by atoms with Gasteiger partial charge in [-0.3, -0.25) is 0 Å². The van der Waals surface area contributed by atoms with E-state index in [0.29, 0.717) is 6.54 Å². The molecular weight excluding hydrogens is 168 g/mol. The molecule has 0 spiro atoms. The van der Waals surface area contributed by atoms with E-state index in [1.54, 1.807) is 17.4 Å². The summed E-state index contributed by atoms with van der Waals surface area (Å²) in [5.41, 5.74) is 6.51. The van der Waals surface area contributed by atoms with E-state index in [2.05, 4.69) is 18.5 Å². The van der Waals surface area contributed by atoms with Crippen LogP contribution in [0.15, 0.2) is 6.58 Å². The Hall–Kier alpha value is -0.670. The Morgan fingerprint density at radius 3 is 2.92 bits per heavy atom. The van der Waals surface area contributed by atoms with Crippen molar-refractivity contribution >= 4 is 17.4 Å². The van der Waals surface area contributed by atoms with Crippen LogP contribution in [0, 0.1) is 0 Å². The van der Waals surface area contributed by atoms with Crippen LogP contribution in [0.4, 0.5) is 0 Å². The minimum atomic E-state index is 0.537. The largest absolute Gasteiger partial charge is 0.325 e. The third-order valence-electron chi connectivity index (χ3n) is 1.62. The minimum absolute atomic E-state index is 0.537. The van der Waals surface area contributed by atoms with Gasteiger partial charge in [0.15, 0.2) is 0 Å². The Morgan fingerprint density at radius 1 is 1.67 bits per heavy atom. The first-order chi connectivity index (χ1) is 5.81. The maximum absolute atomic E-state index is 5.50. The van der Waals surface area contributed by atoms with Crippen LogP contribution in [0.5, 0.6) is 0 Å². The van der Waals surface area contributed by atoms with Crippen LogP contribution in [0.25, 0.3) is 6.08 Å². The molecular formula is C9H14N2S. The summed E-state index contributed by atoms with van der Waals surface area (Å²) in [6.07, 6.45) is 4.03. The Bertz CT molecular complexity index is 265. The normalized spacial score (nSPS) is 10.2. The summed E-state index contributed by atoms with van der Waals surface area (Å²) in [6, 6.07) is 0. The Labute approximate surface area is 77.1 Å². The van der Waals surface area contributed by atoms with Gasteiger partial charge in [-0.2, -0.15) is 0 Å². The van der Waals surface area contributed by atoms with E-state index in [9.17, 15) is 0 Å². The van der Waals surface area contributed by atoms with E-state index in [4.69, 9.17) is 5.73 Å². The van der Waals surface area contributed by atoms with Crippen molar-refractivity contribution in [1.82, 2.24) is 4.98 Å². The Balaban J connectivity index is 2.91. The van der Waals surface area contributed by atoms with Crippen molar-refractivity contribution in [2.24, 2.45) is 5.73 Å². The summed E-state index contributed by atoms with van der Waals surface area (Å²) in [4.78, 5) is 5.65. The number of thiazole rings is 1. The first kappa shape index (κ1) is 9.42. The molecule has 0 amide bonds. The quantitative estimate of drug-likeness (QED) is 0.775. The second-order valence-corrected chi connectivity index (χ2v) is 3.74. The number of rotatable bonds is 4. The topological polar surface area (TPSA) is 38.9 Å². The third-order valence-corrected chi connectivity index (χ3v) is 2.77. The second kappa shape index (κ2) is 4.38. The maximum atomic E-state index is 5.50. The summed E-state index contributed by atoms with van der Waals surface area (Å²) < 4.78 is 0. The predicted molar refractivity (Wildman–Crippen MR) is 54.1 cm³/mol. The molecule has 0 aliphatic carbocycles. The first-order valence-corrected chi connectivity index (χ1v) is 4.94. The maximum Gasteiger partial charge on any atom is 0.107 e. The second-order valence-electron chi connectivity index (χ2n) is 2.57. The molecule has 0 aliphatic rings. The highest BCUT2D eigenvalue weighted by atomic mass is 32.1. The van der Waals surface area contributed by atoms with Crippen molar-refractivity contribution in [3.63, 3.8) is 0 Å². The fourth-order valence-corrected chi connectivity index (χ4v) is 2.12. The molecule has 0 aliphatic heterocycles. The number of hydrogen-bond donors (Lipinski definition) is 1. The lowest BCUT2D eigenvalue weighted by Gasteiger charge is -1.91. The van der Waals surface area contributed by atoms with Gasteiger partial charge in [-0.25, -0.2) is 4.98 Å². The van der Waals surface area contributed by atoms with E-state index < -0.39 is 0 Å². The molecule has 12 heavy (non-hydrogen) atoms. The highest BCUT2D eigenvalue weighted by molar-refractivity contribution is 7.11. The summed E-state index contributed by atoms with van der Waals surface area (Å²) in [7, 11) is 0. The van der Waals surface area contributed by atoms with Gasteiger partial charge >= 0.3 is 0 Å². The van der Waals surface area contributed by atoms with Gasteiger partial charge < -0.3 is 5.73 Å². The van der Waals surface area contributed by atoms with Gasteiger partial charge in [0.2, 0.25) is 0 Å². The van der Waals surface area contributed by atoms with Gasteiger partial charge in [-0.1, -0.05) is 19.9 Å². The van der Waals surface area contributed by atoms with Gasteiger partial charge in [-0.05, 0) is 12.5 Å². The monoisotopic (exact) mass is 182 g/mol. The Kier molecular flexibility index (Phi) is 3.44. The summed E-state index contributed by atoms with van der Waals surface area (Å²) >= 11 is 1.70. The zero-order valence-corrected chi connectivity index (χ0v) is 8.16. The lowest BCUT2D eigenvalue weighted by molar-refractivity contribution is 0.932. The van der Waals surface area contributed by atoms with Crippen LogP contribution < -0.4 is 5.73 Å². The molecule has 0 atom stereocenters. The van der Waals surface area contributed by atoms with Crippen LogP contribution >= 0.6 is 11.3 Å². The van der Waals surface area contributed by atoms with Crippen molar-refractivity contribution in [3.05, 3.63) is 22.2 Å². The Morgan fingerprint density at radius 2 is 2.42 bits per heavy atom. The predicted octanol–water partition coefficient (Wildman–Crippen LogP) is 2.20. The van der Waals surface area contributed by atoms with Crippen molar-refractivity contribution < 1.29 is 0 Å². The molecule has 0 aromatic carbocycles. The highest BCUT2D eigenvalue weighted by Crippen LogP contribution is 2.20. The standard InChI is InChI=1S/C9H14N2S/c1-3-5-8-7(4-2)11-9(6-10)12-8/h4H,2-3,5-6,10H2,1H3. The summed E-state index contributed by atoms with van der Waals surface area (Å²) in [5.74, 6) is 0. The molecule has 0 radical (unpaired) electrons. The van der Waals surface area contributed by atoms with Crippen LogP contribution in [0.2, 0.25) is 0 Å². The third kappa shape index (κ3) is 1.93. The first-order valence-electron chi connectivity index (χ1n) is 4.12. The van der Waals surface area contributed by atoms with Gasteiger partial charge in [-0.15, -0.1) is 11.3 Å². The van der Waals surface area contributed by atoms with Gasteiger partial charge in [0.25, 0.3) is 0 Å². The molecule has 0 saturated carbocycles. The summed E-state index contributed by atoms with van der Waals surface area (Å²) in [6.45, 7) is 6.42. The summed E-state index contributed by atoms with van der Waals surface area (Å²) in [5, 5.41) is 1.01. The zero-order chi connectivity index (χ0) is 8.97. The number of aromatic nitrogens is 1. The average molecular weight is 182 g/mol. The molecule has 2 N–H and O–H groups in total. The number of nitrogens with two attached hydrogens (primary N) is 1. The molecule has 3 heteroatoms. The van der Waals surface area contributed by atoms with Crippen LogP contribution in [0.3, 0.4) is 0 Å². The molecule has 1 heterocycles. The van der Waals surface area contributed by atoms with Crippen molar-refractivity contribution in [2.45, 2.75) is 26.3 Å². The van der Waals surface area contributed by atoms with Gasteiger partial charge in [0, 0.05) is 11.4 Å². The zero-order valence-electron chi connectivity index (χ0n) is 7.34. The number of hydrogen-bond acceptors (Lipinski definition) is 3. The molecule has 0 saturated heterocycles. The smallest absolute Gasteiger partial charge is 0.107 e. The van der Waals surface area contributed by atoms with E-state index in [1.165, 1.54) is 4.88 Å². The SMILES string of the molecule is C=Cc1nc(CN)sc1CCC. The molecule has 1 aromatic heterocycles. The highest BCUT2D eigenvalue weighted by Gasteiger charge is 2.05. The lowest BCUT2D eigenvalue weighted by Crippen LogP contribution is -1.94. The van der Waals surface area contributed by atoms with Crippen LogP contribution in [0.1, 0.15) is 28.9 Å². The lowest BCUT2D eigenvalue weighted by atomic mass is 10.2. The fourth-order valence-electron chi connectivity index (χ4n) is 1.07. The molecule has 66 valence electrons. The molecule has 0 unspecified atom stereocenters. The van der Waals surface area contributed by atoms with Gasteiger partial charge in [0.05, 0.1) is 5.69 Å². The molecule has 1 rings (SSSR count). The number of nitrogens with zero attached hydrogens (tertiary/aromatic N) is 1. The molecule has 2 nitrogen and oxygen atoms in total. The van der Waals surface area contributed by atoms with Crippen LogP contribution in [-0.2, 0) is 13.0 Å². The van der Waals surface area contributed by atoms with Crippen molar-refractivity contribution in [3.8, 4) is 0 Å². The fraction of sp³-hybridized carbons (Fsp3) is 0.444. The van der Waals surface area contributed by atoms with E-state index in [-0.39, 0.29) is 0 Å². The minimum Gasteiger partial charge on any atom is -0.325 e. The van der Waals surface area contributed by atoms with Crippen molar-refractivity contribution in [2.75, 3.05) is 0 Å². The van der Waals surface area contributed by atoms with Crippen molar-refractivity contribution in [1.29, 1.82) is 0 Å².